The summed E-state index contributed by atoms with van der Waals surface area (Å²) in [4.78, 5) is 17.7. The summed E-state index contributed by atoms with van der Waals surface area (Å²) in [5.74, 6) is 0.307. The molecular weight excluding hydrogens is 244 g/mol. The lowest BCUT2D eigenvalue weighted by Gasteiger charge is -2.22. The number of amides is 1. The molecule has 0 aliphatic heterocycles. The Labute approximate surface area is 111 Å². The monoisotopic (exact) mass is 260 g/mol. The molecule has 0 aliphatic rings. The van der Waals surface area contributed by atoms with Crippen LogP contribution in [-0.2, 0) is 0 Å². The maximum absolute atomic E-state index is 12.1. The predicted octanol–water partition coefficient (Wildman–Crippen LogP) is 1.16. The van der Waals surface area contributed by atoms with Gasteiger partial charge in [-0.25, -0.2) is 0 Å². The number of hydrogen-bond donors (Lipinski definition) is 1. The third kappa shape index (κ3) is 2.79. The highest BCUT2D eigenvalue weighted by molar-refractivity contribution is 5.93. The van der Waals surface area contributed by atoms with Crippen LogP contribution >= 0.6 is 0 Å². The van der Waals surface area contributed by atoms with Crippen LogP contribution in [0.15, 0.2) is 35.1 Å². The lowest BCUT2D eigenvalue weighted by molar-refractivity contribution is 0.0738. The lowest BCUT2D eigenvalue weighted by Crippen LogP contribution is -2.39. The Morgan fingerprint density at radius 2 is 2.37 bits per heavy atom. The average Bonchev–Trinajstić information content (AvgIpc) is 2.95. The normalized spacial score (nSPS) is 12.2. The van der Waals surface area contributed by atoms with Crippen molar-refractivity contribution in [2.24, 2.45) is 5.73 Å². The second kappa shape index (κ2) is 5.62. The van der Waals surface area contributed by atoms with Gasteiger partial charge in [-0.2, -0.15) is 0 Å². The van der Waals surface area contributed by atoms with E-state index in [0.717, 1.165) is 5.56 Å². The predicted molar refractivity (Wildman–Crippen MR) is 70.3 cm³/mol. The number of carbonyl (C=O) groups excluding carboxylic acids is 1. The molecule has 0 fully saturated rings. The van der Waals surface area contributed by atoms with E-state index in [1.54, 1.807) is 36.5 Å². The number of carbonyl (C=O) groups is 1. The van der Waals surface area contributed by atoms with Crippen molar-refractivity contribution >= 4 is 5.91 Å². The van der Waals surface area contributed by atoms with Crippen LogP contribution in [0.25, 0.3) is 11.3 Å². The molecule has 0 saturated carbocycles. The van der Waals surface area contributed by atoms with Crippen molar-refractivity contribution in [3.8, 4) is 11.3 Å². The van der Waals surface area contributed by atoms with Crippen LogP contribution in [0.3, 0.4) is 0 Å². The molecule has 2 N–H and O–H groups in total. The summed E-state index contributed by atoms with van der Waals surface area (Å²) in [7, 11) is 1.69. The number of hydrogen-bond acceptors (Lipinski definition) is 5. The number of aromatic nitrogens is 2. The van der Waals surface area contributed by atoms with Gasteiger partial charge in [-0.3, -0.25) is 9.78 Å². The van der Waals surface area contributed by atoms with Crippen LogP contribution in [0, 0.1) is 0 Å². The number of nitrogens with zero attached hydrogens (tertiary/aromatic N) is 3. The third-order valence-electron chi connectivity index (χ3n) is 3.00. The van der Waals surface area contributed by atoms with Crippen molar-refractivity contribution in [1.29, 1.82) is 0 Å². The number of nitrogens with two attached hydrogens (primary N) is 1. The highest BCUT2D eigenvalue weighted by atomic mass is 16.5. The van der Waals surface area contributed by atoms with Crippen LogP contribution in [-0.4, -0.2) is 40.6 Å². The fourth-order valence-corrected chi connectivity index (χ4v) is 1.56. The molecule has 6 nitrogen and oxygen atoms in total. The number of likely N-dealkylation sites (N-methyl/N-ethyl adjacent to an activating group) is 1. The zero-order valence-electron chi connectivity index (χ0n) is 10.9. The fourth-order valence-electron chi connectivity index (χ4n) is 1.56. The fraction of sp³-hybridized carbons (Fsp3) is 0.308. The van der Waals surface area contributed by atoms with E-state index < -0.39 is 0 Å². The van der Waals surface area contributed by atoms with Crippen LogP contribution in [0.2, 0.25) is 0 Å². The Hall–Kier alpha value is -2.21. The molecular formula is C13H16N4O2. The van der Waals surface area contributed by atoms with Crippen LogP contribution in [0.5, 0.6) is 0 Å². The number of pyridine rings is 1. The summed E-state index contributed by atoms with van der Waals surface area (Å²) >= 11 is 0. The zero-order valence-corrected chi connectivity index (χ0v) is 10.9. The molecule has 0 aliphatic carbocycles. The average molecular weight is 260 g/mol. The topological polar surface area (TPSA) is 85.2 Å². The Morgan fingerprint density at radius 1 is 1.58 bits per heavy atom. The van der Waals surface area contributed by atoms with Gasteiger partial charge >= 0.3 is 0 Å². The molecule has 2 aromatic heterocycles. The molecule has 6 heteroatoms. The summed E-state index contributed by atoms with van der Waals surface area (Å²) in [5.41, 5.74) is 6.59. The summed E-state index contributed by atoms with van der Waals surface area (Å²) in [5, 5.41) is 3.80. The van der Waals surface area contributed by atoms with Crippen molar-refractivity contribution in [3.05, 3.63) is 36.3 Å². The molecule has 1 unspecified atom stereocenters. The van der Waals surface area contributed by atoms with Gasteiger partial charge in [-0.05, 0) is 19.1 Å². The van der Waals surface area contributed by atoms with E-state index in [9.17, 15) is 4.79 Å². The van der Waals surface area contributed by atoms with E-state index >= 15 is 0 Å². The van der Waals surface area contributed by atoms with Gasteiger partial charge in [0.25, 0.3) is 5.91 Å². The first-order valence-electron chi connectivity index (χ1n) is 5.98. The molecule has 0 saturated heterocycles. The van der Waals surface area contributed by atoms with Gasteiger partial charge in [-0.1, -0.05) is 5.16 Å². The lowest BCUT2D eigenvalue weighted by atomic mass is 10.2. The molecule has 2 aromatic rings. The van der Waals surface area contributed by atoms with Crippen LogP contribution < -0.4 is 5.73 Å². The molecule has 0 bridgehead atoms. The summed E-state index contributed by atoms with van der Waals surface area (Å²) in [6, 6.07) is 5.20. The maximum atomic E-state index is 12.1. The highest BCUT2D eigenvalue weighted by Crippen LogP contribution is 2.19. The minimum atomic E-state index is -0.211. The molecule has 2 heterocycles. The molecule has 19 heavy (non-hydrogen) atoms. The van der Waals surface area contributed by atoms with E-state index in [1.807, 2.05) is 13.0 Å². The molecule has 1 atom stereocenters. The van der Waals surface area contributed by atoms with E-state index in [0.29, 0.717) is 12.3 Å². The van der Waals surface area contributed by atoms with E-state index in [4.69, 9.17) is 10.3 Å². The van der Waals surface area contributed by atoms with Gasteiger partial charge in [0.1, 0.15) is 0 Å². The second-order valence-electron chi connectivity index (χ2n) is 4.32. The molecule has 2 rings (SSSR count). The largest absolute Gasteiger partial charge is 0.355 e. The Bertz CT molecular complexity index is 553. The molecule has 100 valence electrons. The SMILES string of the molecule is CC(CN)N(C)C(=O)c1cc(-c2cccnc2)on1. The van der Waals surface area contributed by atoms with Crippen molar-refractivity contribution in [3.63, 3.8) is 0 Å². The van der Waals surface area contributed by atoms with Gasteiger partial charge < -0.3 is 15.2 Å². The van der Waals surface area contributed by atoms with Crippen molar-refractivity contribution in [2.75, 3.05) is 13.6 Å². The van der Waals surface area contributed by atoms with E-state index in [2.05, 4.69) is 10.1 Å². The van der Waals surface area contributed by atoms with Gasteiger partial charge in [0.15, 0.2) is 11.5 Å². The standard InChI is InChI=1S/C13H16N4O2/c1-9(7-14)17(2)13(18)11-6-12(19-16-11)10-4-3-5-15-8-10/h3-6,8-9H,7,14H2,1-2H3. The first-order chi connectivity index (χ1) is 9.13. The van der Waals surface area contributed by atoms with Gasteiger partial charge in [-0.15, -0.1) is 0 Å². The van der Waals surface area contributed by atoms with E-state index in [-0.39, 0.29) is 17.6 Å². The Morgan fingerprint density at radius 3 is 3.00 bits per heavy atom. The van der Waals surface area contributed by atoms with Crippen LogP contribution in [0.4, 0.5) is 0 Å². The smallest absolute Gasteiger partial charge is 0.276 e. The summed E-state index contributed by atoms with van der Waals surface area (Å²) in [6.45, 7) is 2.27. The molecule has 0 spiro atoms. The Balaban J connectivity index is 2.20. The molecule has 1 amide bonds. The van der Waals surface area contributed by atoms with Crippen molar-refractivity contribution in [1.82, 2.24) is 15.0 Å². The van der Waals surface area contributed by atoms with E-state index in [1.165, 1.54) is 0 Å². The van der Waals surface area contributed by atoms with Crippen molar-refractivity contribution < 1.29 is 9.32 Å². The van der Waals surface area contributed by atoms with Crippen molar-refractivity contribution in [2.45, 2.75) is 13.0 Å². The molecule has 0 radical (unpaired) electrons. The minimum absolute atomic E-state index is 0.0500. The van der Waals surface area contributed by atoms with Gasteiger partial charge in [0.2, 0.25) is 0 Å². The molecule has 0 aromatic carbocycles. The summed E-state index contributed by atoms with van der Waals surface area (Å²) in [6.07, 6.45) is 3.32. The van der Waals surface area contributed by atoms with Crippen LogP contribution in [0.1, 0.15) is 17.4 Å². The first-order valence-corrected chi connectivity index (χ1v) is 5.98. The Kier molecular flexibility index (Phi) is 3.91. The quantitative estimate of drug-likeness (QED) is 0.891. The first kappa shape index (κ1) is 13.2. The third-order valence-corrected chi connectivity index (χ3v) is 3.00. The second-order valence-corrected chi connectivity index (χ2v) is 4.32. The van der Waals surface area contributed by atoms with Gasteiger partial charge in [0, 0.05) is 43.7 Å². The number of rotatable bonds is 4. The summed E-state index contributed by atoms with van der Waals surface area (Å²) < 4.78 is 5.17. The van der Waals surface area contributed by atoms with Gasteiger partial charge in [0.05, 0.1) is 0 Å². The maximum Gasteiger partial charge on any atom is 0.276 e. The minimum Gasteiger partial charge on any atom is -0.355 e. The zero-order chi connectivity index (χ0) is 13.8. The highest BCUT2D eigenvalue weighted by Gasteiger charge is 2.20.